The fourth-order valence-corrected chi connectivity index (χ4v) is 9.44. The Morgan fingerprint density at radius 1 is 0.281 bits per heavy atom. The van der Waals surface area contributed by atoms with Crippen LogP contribution in [0.1, 0.15) is 5.56 Å². The molecule has 1 aromatic heterocycles. The van der Waals surface area contributed by atoms with Gasteiger partial charge in [0.05, 0.1) is 11.6 Å². The van der Waals surface area contributed by atoms with Crippen LogP contribution < -0.4 is 0 Å². The molecule has 0 fully saturated rings. The summed E-state index contributed by atoms with van der Waals surface area (Å²) in [5, 5.41) is 15.5. The van der Waals surface area contributed by atoms with E-state index in [1.54, 1.807) is 0 Å². The van der Waals surface area contributed by atoms with Crippen LogP contribution in [-0.2, 0) is 0 Å². The summed E-state index contributed by atoms with van der Waals surface area (Å²) in [6.07, 6.45) is 0. The van der Waals surface area contributed by atoms with E-state index in [4.69, 9.17) is 15.0 Å². The van der Waals surface area contributed by atoms with Crippen molar-refractivity contribution >= 4 is 21.5 Å². The van der Waals surface area contributed by atoms with Crippen LogP contribution >= 0.6 is 0 Å². The van der Waals surface area contributed by atoms with Crippen molar-refractivity contribution in [2.45, 2.75) is 0 Å². The number of nitriles is 1. The Balaban J connectivity index is 0.890. The molecule has 296 valence electrons. The van der Waals surface area contributed by atoms with Crippen molar-refractivity contribution in [3.8, 4) is 107 Å². The van der Waals surface area contributed by atoms with Gasteiger partial charge in [-0.2, -0.15) is 5.26 Å². The maximum atomic E-state index is 10.6. The fourth-order valence-electron chi connectivity index (χ4n) is 9.44. The molecule has 0 saturated heterocycles. The molecule has 0 atom stereocenters. The molecule has 0 saturated carbocycles. The van der Waals surface area contributed by atoms with Gasteiger partial charge in [-0.1, -0.05) is 200 Å². The second kappa shape index (κ2) is 15.3. The van der Waals surface area contributed by atoms with Crippen molar-refractivity contribution in [3.05, 3.63) is 224 Å². The van der Waals surface area contributed by atoms with E-state index >= 15 is 0 Å². The van der Waals surface area contributed by atoms with Crippen LogP contribution in [0.15, 0.2) is 218 Å². The average molecular weight is 813 g/mol. The van der Waals surface area contributed by atoms with E-state index in [0.29, 0.717) is 23.0 Å². The van der Waals surface area contributed by atoms with Gasteiger partial charge in [0, 0.05) is 16.7 Å². The maximum Gasteiger partial charge on any atom is 0.164 e. The van der Waals surface area contributed by atoms with Crippen LogP contribution in [0.25, 0.3) is 122 Å². The Morgan fingerprint density at radius 2 is 0.766 bits per heavy atom. The Morgan fingerprint density at radius 3 is 1.52 bits per heavy atom. The molecule has 1 aliphatic rings. The lowest BCUT2D eigenvalue weighted by Crippen LogP contribution is -2.00. The summed E-state index contributed by atoms with van der Waals surface area (Å²) in [7, 11) is 0. The largest absolute Gasteiger partial charge is 0.208 e. The molecule has 0 unspecified atom stereocenters. The van der Waals surface area contributed by atoms with Crippen LogP contribution in [-0.4, -0.2) is 15.0 Å². The van der Waals surface area contributed by atoms with E-state index in [0.717, 1.165) is 66.4 Å². The van der Waals surface area contributed by atoms with Gasteiger partial charge in [0.15, 0.2) is 17.5 Å². The van der Waals surface area contributed by atoms with Crippen LogP contribution in [0, 0.1) is 11.3 Å². The molecule has 11 aromatic rings. The lowest BCUT2D eigenvalue weighted by atomic mass is 9.89. The Kier molecular flexibility index (Phi) is 8.84. The lowest BCUT2D eigenvalue weighted by Gasteiger charge is -2.14. The highest BCUT2D eigenvalue weighted by atomic mass is 15.0. The van der Waals surface area contributed by atoms with Crippen LogP contribution in [0.2, 0.25) is 0 Å². The molecule has 4 nitrogen and oxygen atoms in total. The Hall–Kier alpha value is -8.78. The molecule has 0 aliphatic heterocycles. The summed E-state index contributed by atoms with van der Waals surface area (Å²) in [6.45, 7) is 0. The lowest BCUT2D eigenvalue weighted by molar-refractivity contribution is 1.07. The van der Waals surface area contributed by atoms with E-state index in [1.807, 2.05) is 48.5 Å². The molecule has 0 spiro atoms. The summed E-state index contributed by atoms with van der Waals surface area (Å²) >= 11 is 0. The number of rotatable bonds is 7. The van der Waals surface area contributed by atoms with E-state index in [2.05, 4.69) is 176 Å². The minimum absolute atomic E-state index is 0.595. The molecular weight excluding hydrogens is 777 g/mol. The highest BCUT2D eigenvalue weighted by molar-refractivity contribution is 6.19. The van der Waals surface area contributed by atoms with Crippen molar-refractivity contribution in [1.29, 1.82) is 5.26 Å². The van der Waals surface area contributed by atoms with Crippen molar-refractivity contribution < 1.29 is 0 Å². The zero-order valence-electron chi connectivity index (χ0n) is 34.6. The van der Waals surface area contributed by atoms with Gasteiger partial charge in [0.2, 0.25) is 0 Å². The fraction of sp³-hybridized carbons (Fsp3) is 0. The highest BCUT2D eigenvalue weighted by Gasteiger charge is 2.24. The molecule has 0 N–H and O–H groups in total. The van der Waals surface area contributed by atoms with E-state index in [9.17, 15) is 5.26 Å². The number of benzene rings is 10. The summed E-state index contributed by atoms with van der Waals surface area (Å²) < 4.78 is 0. The molecular formula is C60H36N4. The minimum atomic E-state index is 0.595. The van der Waals surface area contributed by atoms with Crippen LogP contribution in [0.4, 0.5) is 0 Å². The molecule has 0 radical (unpaired) electrons. The first-order chi connectivity index (χ1) is 31.7. The molecule has 0 bridgehead atoms. The third kappa shape index (κ3) is 6.35. The standard InChI is InChI=1S/C60H36N4/c61-37-48-36-45(31-32-49(48)39-25-27-40(28-26-39)52-33-30-41-16-11-23-54-53-21-8-9-22-55(53)57(52)56(41)54)51-20-7-6-19-50(51)44-17-10-18-46(35-44)59-62-58(42-13-2-1-3-14-42)63-60(64-59)47-29-24-38-12-4-5-15-43(38)34-47/h1-36H. The number of hydrogen-bond donors (Lipinski definition) is 0. The van der Waals surface area contributed by atoms with Gasteiger partial charge in [-0.05, 0) is 107 Å². The summed E-state index contributed by atoms with van der Waals surface area (Å²) in [5.41, 5.74) is 16.8. The highest BCUT2D eigenvalue weighted by Crippen LogP contribution is 2.51. The Labute approximate surface area is 371 Å². The predicted octanol–water partition coefficient (Wildman–Crippen LogP) is 15.4. The van der Waals surface area contributed by atoms with Crippen molar-refractivity contribution in [3.63, 3.8) is 0 Å². The molecule has 1 heterocycles. The normalized spacial score (nSPS) is 11.4. The van der Waals surface area contributed by atoms with Crippen LogP contribution in [0.5, 0.6) is 0 Å². The van der Waals surface area contributed by atoms with Crippen molar-refractivity contribution in [1.82, 2.24) is 15.0 Å². The first kappa shape index (κ1) is 37.0. The van der Waals surface area contributed by atoms with E-state index in [1.165, 1.54) is 38.6 Å². The molecule has 4 heteroatoms. The summed E-state index contributed by atoms with van der Waals surface area (Å²) in [4.78, 5) is 15.1. The van der Waals surface area contributed by atoms with Gasteiger partial charge >= 0.3 is 0 Å². The minimum Gasteiger partial charge on any atom is -0.208 e. The summed E-state index contributed by atoms with van der Waals surface area (Å²) in [6, 6.07) is 78.6. The van der Waals surface area contributed by atoms with Gasteiger partial charge in [-0.15, -0.1) is 0 Å². The van der Waals surface area contributed by atoms with Gasteiger partial charge in [-0.3, -0.25) is 0 Å². The number of hydrogen-bond acceptors (Lipinski definition) is 4. The SMILES string of the molecule is N#Cc1cc(-c2ccccc2-c2cccc(-c3nc(-c4ccccc4)nc(-c4ccc5ccccc5c4)n3)c2)ccc1-c1ccc(-c2ccc3cccc4c3c2-c2ccccc2-4)cc1. The predicted molar refractivity (Wildman–Crippen MR) is 262 cm³/mol. The van der Waals surface area contributed by atoms with E-state index < -0.39 is 0 Å². The molecule has 0 amide bonds. The third-order valence-electron chi connectivity index (χ3n) is 12.5. The quantitative estimate of drug-likeness (QED) is 0.161. The summed E-state index contributed by atoms with van der Waals surface area (Å²) in [5.74, 6) is 1.83. The second-order valence-corrected chi connectivity index (χ2v) is 16.2. The first-order valence-electron chi connectivity index (χ1n) is 21.5. The smallest absolute Gasteiger partial charge is 0.164 e. The third-order valence-corrected chi connectivity index (χ3v) is 12.5. The number of aromatic nitrogens is 3. The zero-order valence-corrected chi connectivity index (χ0v) is 34.6. The topological polar surface area (TPSA) is 62.5 Å². The van der Waals surface area contributed by atoms with Crippen molar-refractivity contribution in [2.24, 2.45) is 0 Å². The van der Waals surface area contributed by atoms with Crippen LogP contribution in [0.3, 0.4) is 0 Å². The number of nitrogens with zero attached hydrogens (tertiary/aromatic N) is 4. The van der Waals surface area contributed by atoms with Gasteiger partial charge in [-0.25, -0.2) is 15.0 Å². The Bertz CT molecular complexity index is 3680. The van der Waals surface area contributed by atoms with Gasteiger partial charge < -0.3 is 0 Å². The van der Waals surface area contributed by atoms with Gasteiger partial charge in [0.1, 0.15) is 0 Å². The van der Waals surface area contributed by atoms with E-state index in [-0.39, 0.29) is 0 Å². The molecule has 12 rings (SSSR count). The molecule has 64 heavy (non-hydrogen) atoms. The average Bonchev–Trinajstić information content (AvgIpc) is 3.72. The molecule has 1 aliphatic carbocycles. The monoisotopic (exact) mass is 812 g/mol. The zero-order chi connectivity index (χ0) is 42.6. The number of fused-ring (bicyclic) bond motifs is 4. The molecule has 10 aromatic carbocycles. The second-order valence-electron chi connectivity index (χ2n) is 16.2. The maximum absolute atomic E-state index is 10.6. The first-order valence-corrected chi connectivity index (χ1v) is 21.5. The van der Waals surface area contributed by atoms with Crippen molar-refractivity contribution in [2.75, 3.05) is 0 Å². The van der Waals surface area contributed by atoms with Gasteiger partial charge in [0.25, 0.3) is 0 Å².